The summed E-state index contributed by atoms with van der Waals surface area (Å²) in [7, 11) is 1.55. The lowest BCUT2D eigenvalue weighted by molar-refractivity contribution is 0.102. The zero-order valence-electron chi connectivity index (χ0n) is 10.7. The lowest BCUT2D eigenvalue weighted by atomic mass is 10.1. The Bertz CT molecular complexity index is 659. The first-order valence-electron chi connectivity index (χ1n) is 5.74. The minimum atomic E-state index is -0.347. The molecule has 0 saturated heterocycles. The monoisotopic (exact) mass is 336 g/mol. The Morgan fingerprint density at radius 1 is 1.30 bits per heavy atom. The van der Waals surface area contributed by atoms with E-state index in [-0.39, 0.29) is 17.3 Å². The normalized spacial score (nSPS) is 10.1. The number of anilines is 2. The standard InChI is InChI=1S/C14H13BrN2O3/c1-20-11-6-9(15)5-10(7-11)17-14(19)8-2-3-12(16)13(18)4-8/h2-7,18H,16H2,1H3,(H,17,19). The number of carbonyl (C=O) groups excluding carboxylic acids is 1. The molecule has 0 saturated carbocycles. The SMILES string of the molecule is COc1cc(Br)cc(NC(=O)c2ccc(N)c(O)c2)c1. The maximum atomic E-state index is 12.1. The Kier molecular flexibility index (Phi) is 4.14. The predicted octanol–water partition coefficient (Wildman–Crippen LogP) is 3.00. The first-order valence-corrected chi connectivity index (χ1v) is 6.53. The topological polar surface area (TPSA) is 84.6 Å². The van der Waals surface area contributed by atoms with E-state index < -0.39 is 0 Å². The highest BCUT2D eigenvalue weighted by Crippen LogP contribution is 2.26. The van der Waals surface area contributed by atoms with E-state index in [4.69, 9.17) is 10.5 Å². The quantitative estimate of drug-likeness (QED) is 0.594. The van der Waals surface area contributed by atoms with E-state index in [0.717, 1.165) is 4.47 Å². The van der Waals surface area contributed by atoms with Crippen molar-refractivity contribution in [3.8, 4) is 11.5 Å². The molecule has 0 aliphatic heterocycles. The number of nitrogens with one attached hydrogen (secondary N) is 1. The number of aromatic hydroxyl groups is 1. The summed E-state index contributed by atoms with van der Waals surface area (Å²) in [5.41, 5.74) is 6.62. The maximum Gasteiger partial charge on any atom is 0.255 e. The third-order valence-electron chi connectivity index (χ3n) is 2.66. The molecule has 20 heavy (non-hydrogen) atoms. The Hall–Kier alpha value is -2.21. The van der Waals surface area contributed by atoms with Crippen molar-refractivity contribution in [3.63, 3.8) is 0 Å². The molecule has 0 radical (unpaired) electrons. The third kappa shape index (κ3) is 3.21. The lowest BCUT2D eigenvalue weighted by Gasteiger charge is -2.09. The van der Waals surface area contributed by atoms with E-state index >= 15 is 0 Å². The van der Waals surface area contributed by atoms with Crippen molar-refractivity contribution in [2.75, 3.05) is 18.2 Å². The van der Waals surface area contributed by atoms with Gasteiger partial charge >= 0.3 is 0 Å². The van der Waals surface area contributed by atoms with E-state index in [9.17, 15) is 9.90 Å². The van der Waals surface area contributed by atoms with Gasteiger partial charge in [0.05, 0.1) is 12.8 Å². The Morgan fingerprint density at radius 3 is 2.70 bits per heavy atom. The highest BCUT2D eigenvalue weighted by molar-refractivity contribution is 9.10. The number of phenolic OH excluding ortho intramolecular Hbond substituents is 1. The molecule has 2 aromatic rings. The third-order valence-corrected chi connectivity index (χ3v) is 3.12. The molecule has 5 nitrogen and oxygen atoms in total. The number of rotatable bonds is 3. The smallest absolute Gasteiger partial charge is 0.255 e. The maximum absolute atomic E-state index is 12.1. The molecule has 104 valence electrons. The van der Waals surface area contributed by atoms with Crippen LogP contribution in [0.25, 0.3) is 0 Å². The molecular weight excluding hydrogens is 324 g/mol. The molecule has 0 fully saturated rings. The molecule has 0 bridgehead atoms. The summed E-state index contributed by atoms with van der Waals surface area (Å²) in [6, 6.07) is 9.56. The van der Waals surface area contributed by atoms with Gasteiger partial charge in [0.15, 0.2) is 0 Å². The van der Waals surface area contributed by atoms with Crippen molar-refractivity contribution < 1.29 is 14.6 Å². The summed E-state index contributed by atoms with van der Waals surface area (Å²) in [6.45, 7) is 0. The summed E-state index contributed by atoms with van der Waals surface area (Å²) in [5.74, 6) is 0.153. The van der Waals surface area contributed by atoms with Gasteiger partial charge in [-0.05, 0) is 30.3 Å². The summed E-state index contributed by atoms with van der Waals surface area (Å²) in [5, 5.41) is 12.2. The fourth-order valence-electron chi connectivity index (χ4n) is 1.64. The van der Waals surface area contributed by atoms with E-state index in [0.29, 0.717) is 17.0 Å². The molecule has 0 heterocycles. The Labute approximate surface area is 124 Å². The van der Waals surface area contributed by atoms with Crippen molar-refractivity contribution in [2.45, 2.75) is 0 Å². The molecule has 1 amide bonds. The van der Waals surface area contributed by atoms with Crippen LogP contribution in [-0.2, 0) is 0 Å². The van der Waals surface area contributed by atoms with Crippen LogP contribution in [0.2, 0.25) is 0 Å². The number of methoxy groups -OCH3 is 1. The predicted molar refractivity (Wildman–Crippen MR) is 81.2 cm³/mol. The summed E-state index contributed by atoms with van der Waals surface area (Å²) in [6.07, 6.45) is 0. The number of hydrogen-bond donors (Lipinski definition) is 3. The van der Waals surface area contributed by atoms with Crippen LogP contribution in [0.3, 0.4) is 0 Å². The van der Waals surface area contributed by atoms with E-state index in [1.807, 2.05) is 0 Å². The van der Waals surface area contributed by atoms with Crippen molar-refractivity contribution >= 4 is 33.2 Å². The van der Waals surface area contributed by atoms with Gasteiger partial charge < -0.3 is 20.9 Å². The van der Waals surface area contributed by atoms with Crippen LogP contribution in [0.15, 0.2) is 40.9 Å². The van der Waals surface area contributed by atoms with Gasteiger partial charge in [0.2, 0.25) is 0 Å². The molecule has 0 unspecified atom stereocenters. The highest BCUT2D eigenvalue weighted by Gasteiger charge is 2.09. The Balaban J connectivity index is 2.23. The van der Waals surface area contributed by atoms with Gasteiger partial charge in [-0.15, -0.1) is 0 Å². The average Bonchev–Trinajstić information content (AvgIpc) is 2.41. The second kappa shape index (κ2) is 5.83. The van der Waals surface area contributed by atoms with Gasteiger partial charge in [-0.1, -0.05) is 15.9 Å². The largest absolute Gasteiger partial charge is 0.506 e. The second-order valence-electron chi connectivity index (χ2n) is 4.11. The fourth-order valence-corrected chi connectivity index (χ4v) is 2.11. The fraction of sp³-hybridized carbons (Fsp3) is 0.0714. The first kappa shape index (κ1) is 14.2. The average molecular weight is 337 g/mol. The van der Waals surface area contributed by atoms with Crippen LogP contribution in [0.4, 0.5) is 11.4 Å². The number of nitrogen functional groups attached to an aromatic ring is 1. The van der Waals surface area contributed by atoms with Gasteiger partial charge in [-0.2, -0.15) is 0 Å². The highest BCUT2D eigenvalue weighted by atomic mass is 79.9. The summed E-state index contributed by atoms with van der Waals surface area (Å²) < 4.78 is 5.90. The molecule has 0 spiro atoms. The van der Waals surface area contributed by atoms with Crippen LogP contribution in [-0.4, -0.2) is 18.1 Å². The minimum absolute atomic E-state index is 0.121. The van der Waals surface area contributed by atoms with Gasteiger partial charge in [-0.3, -0.25) is 4.79 Å². The van der Waals surface area contributed by atoms with Crippen molar-refractivity contribution in [1.29, 1.82) is 0 Å². The molecule has 6 heteroatoms. The first-order chi connectivity index (χ1) is 9.49. The van der Waals surface area contributed by atoms with Crippen LogP contribution in [0.1, 0.15) is 10.4 Å². The van der Waals surface area contributed by atoms with Gasteiger partial charge in [0.1, 0.15) is 11.5 Å². The number of carbonyl (C=O) groups is 1. The molecule has 2 aromatic carbocycles. The molecular formula is C14H13BrN2O3. The van der Waals surface area contributed by atoms with Crippen LogP contribution >= 0.6 is 15.9 Å². The number of nitrogens with two attached hydrogens (primary N) is 1. The lowest BCUT2D eigenvalue weighted by Crippen LogP contribution is -2.12. The molecule has 2 rings (SSSR count). The van der Waals surface area contributed by atoms with Crippen molar-refractivity contribution in [2.24, 2.45) is 0 Å². The number of halogens is 1. The van der Waals surface area contributed by atoms with Gasteiger partial charge in [-0.25, -0.2) is 0 Å². The van der Waals surface area contributed by atoms with Gasteiger partial charge in [0, 0.05) is 21.8 Å². The van der Waals surface area contributed by atoms with E-state index in [1.54, 1.807) is 31.4 Å². The summed E-state index contributed by atoms with van der Waals surface area (Å²) in [4.78, 5) is 12.1. The molecule has 4 N–H and O–H groups in total. The number of phenols is 1. The number of hydrogen-bond acceptors (Lipinski definition) is 4. The second-order valence-corrected chi connectivity index (χ2v) is 5.02. The van der Waals surface area contributed by atoms with Crippen LogP contribution in [0.5, 0.6) is 11.5 Å². The van der Waals surface area contributed by atoms with E-state index in [2.05, 4.69) is 21.2 Å². The number of amides is 1. The molecule has 0 aromatic heterocycles. The Morgan fingerprint density at radius 2 is 2.05 bits per heavy atom. The van der Waals surface area contributed by atoms with Crippen molar-refractivity contribution in [3.05, 3.63) is 46.4 Å². The van der Waals surface area contributed by atoms with Gasteiger partial charge in [0.25, 0.3) is 5.91 Å². The van der Waals surface area contributed by atoms with Crippen molar-refractivity contribution in [1.82, 2.24) is 0 Å². The number of ether oxygens (including phenoxy) is 1. The number of benzene rings is 2. The molecule has 0 atom stereocenters. The van der Waals surface area contributed by atoms with Crippen LogP contribution in [0, 0.1) is 0 Å². The van der Waals surface area contributed by atoms with Crippen LogP contribution < -0.4 is 15.8 Å². The molecule has 0 aliphatic carbocycles. The van der Waals surface area contributed by atoms with E-state index in [1.165, 1.54) is 12.1 Å². The zero-order chi connectivity index (χ0) is 14.7. The summed E-state index contributed by atoms with van der Waals surface area (Å²) >= 11 is 3.33. The minimum Gasteiger partial charge on any atom is -0.506 e. The molecule has 0 aliphatic rings. The zero-order valence-corrected chi connectivity index (χ0v) is 12.3.